The minimum atomic E-state index is -0.924. The van der Waals surface area contributed by atoms with E-state index in [-0.39, 0.29) is 25.2 Å². The van der Waals surface area contributed by atoms with Crippen LogP contribution in [-0.2, 0) is 9.53 Å². The van der Waals surface area contributed by atoms with Gasteiger partial charge in [-0.3, -0.25) is 19.0 Å². The van der Waals surface area contributed by atoms with Gasteiger partial charge < -0.3 is 14.8 Å². The van der Waals surface area contributed by atoms with E-state index in [9.17, 15) is 14.4 Å². The van der Waals surface area contributed by atoms with Crippen LogP contribution in [0.4, 0.5) is 5.69 Å². The summed E-state index contributed by atoms with van der Waals surface area (Å²) in [5.41, 5.74) is 1.73. The van der Waals surface area contributed by atoms with Gasteiger partial charge in [0.05, 0.1) is 24.4 Å². The molecule has 9 nitrogen and oxygen atoms in total. The molecule has 1 N–H and O–H groups in total. The smallest absolute Gasteiger partial charge is 0.252 e. The van der Waals surface area contributed by atoms with Gasteiger partial charge >= 0.3 is 0 Å². The van der Waals surface area contributed by atoms with E-state index in [2.05, 4.69) is 15.3 Å². The first-order chi connectivity index (χ1) is 19.5. The number of benzene rings is 2. The highest BCUT2D eigenvalue weighted by Crippen LogP contribution is 2.34. The summed E-state index contributed by atoms with van der Waals surface area (Å²) in [6, 6.07) is 10.7. The summed E-state index contributed by atoms with van der Waals surface area (Å²) < 4.78 is 12.9. The third-order valence-corrected chi connectivity index (χ3v) is 6.73. The normalized spacial score (nSPS) is 12.2. The van der Waals surface area contributed by atoms with E-state index in [1.807, 2.05) is 20.8 Å². The molecule has 0 saturated heterocycles. The molecule has 4 rings (SSSR count). The highest BCUT2D eigenvalue weighted by Gasteiger charge is 2.26. The Morgan fingerprint density at radius 3 is 2.59 bits per heavy atom. The van der Waals surface area contributed by atoms with Gasteiger partial charge in [0.25, 0.3) is 5.56 Å². The zero-order valence-electron chi connectivity index (χ0n) is 23.7. The van der Waals surface area contributed by atoms with Crippen LogP contribution in [0.25, 0.3) is 22.0 Å². The molecule has 2 aromatic carbocycles. The number of anilines is 1. The Hall–Kier alpha value is -4.08. The molecule has 0 fully saturated rings. The van der Waals surface area contributed by atoms with Crippen molar-refractivity contribution in [1.29, 1.82) is 0 Å². The van der Waals surface area contributed by atoms with E-state index >= 15 is 0 Å². The molecule has 0 saturated carbocycles. The van der Waals surface area contributed by atoms with E-state index in [1.165, 1.54) is 30.3 Å². The van der Waals surface area contributed by atoms with Crippen molar-refractivity contribution in [1.82, 2.24) is 14.5 Å². The second kappa shape index (κ2) is 12.6. The van der Waals surface area contributed by atoms with Crippen LogP contribution in [0.1, 0.15) is 56.9 Å². The third kappa shape index (κ3) is 7.17. The van der Waals surface area contributed by atoms with E-state index in [0.29, 0.717) is 33.1 Å². The fourth-order valence-electron chi connectivity index (χ4n) is 4.48. The zero-order valence-corrected chi connectivity index (χ0v) is 24.5. The van der Waals surface area contributed by atoms with E-state index in [4.69, 9.17) is 21.1 Å². The number of methoxy groups -OCH3 is 1. The first-order valence-electron chi connectivity index (χ1n) is 13.3. The Bertz CT molecular complexity index is 1640. The fraction of sp³-hybridized carbons (Fsp3) is 0.323. The lowest BCUT2D eigenvalue weighted by atomic mass is 9.96. The van der Waals surface area contributed by atoms with Crippen LogP contribution in [-0.4, -0.2) is 45.5 Å². The minimum absolute atomic E-state index is 0.0970. The number of carbonyl (C=O) groups is 2. The molecule has 1 unspecified atom stereocenters. The van der Waals surface area contributed by atoms with E-state index < -0.39 is 23.1 Å². The second-order valence-corrected chi connectivity index (χ2v) is 11.0. The number of ketones is 1. The molecule has 0 aliphatic carbocycles. The van der Waals surface area contributed by atoms with Gasteiger partial charge in [-0.15, -0.1) is 0 Å². The maximum atomic E-state index is 13.7. The highest BCUT2D eigenvalue weighted by molar-refractivity contribution is 6.31. The lowest BCUT2D eigenvalue weighted by Crippen LogP contribution is -2.34. The minimum Gasteiger partial charge on any atom is -0.495 e. The quantitative estimate of drug-likeness (QED) is 0.227. The Kier molecular flexibility index (Phi) is 9.20. The number of nitrogens with one attached hydrogen (secondary N) is 1. The standard InChI is InChI=1S/C31H33ClN4O5/c1-6-27(37)22-9-7-20(32)14-23(22)24-15-29(38)36(17-28(24)40-5)26(11-12-41-31(2,3)4)30(39)35-21-8-10-25-19(13-21)16-33-18-34-25/h7-10,13-18,26H,6,11-12H2,1-5H3,(H,35,39). The average molecular weight is 577 g/mol. The Morgan fingerprint density at radius 1 is 1.10 bits per heavy atom. The van der Waals surface area contributed by atoms with E-state index in [0.717, 1.165) is 10.9 Å². The van der Waals surface area contributed by atoms with Crippen molar-refractivity contribution >= 4 is 39.9 Å². The van der Waals surface area contributed by atoms with Crippen LogP contribution in [0.3, 0.4) is 0 Å². The molecular weight excluding hydrogens is 544 g/mol. The summed E-state index contributed by atoms with van der Waals surface area (Å²) >= 11 is 6.27. The number of pyridine rings is 1. The van der Waals surface area contributed by atoms with Gasteiger partial charge in [-0.1, -0.05) is 18.5 Å². The highest BCUT2D eigenvalue weighted by atomic mass is 35.5. The maximum absolute atomic E-state index is 13.7. The molecule has 0 bridgehead atoms. The van der Waals surface area contributed by atoms with Gasteiger partial charge in [0.2, 0.25) is 5.91 Å². The number of hydrogen-bond acceptors (Lipinski definition) is 7. The first-order valence-corrected chi connectivity index (χ1v) is 13.7. The fourth-order valence-corrected chi connectivity index (χ4v) is 4.65. The van der Waals surface area contributed by atoms with Gasteiger partial charge in [0, 0.05) is 58.9 Å². The number of amides is 1. The molecule has 41 heavy (non-hydrogen) atoms. The van der Waals surface area contributed by atoms with Crippen molar-refractivity contribution < 1.29 is 19.1 Å². The molecule has 10 heteroatoms. The van der Waals surface area contributed by atoms with Gasteiger partial charge in [-0.05, 0) is 62.7 Å². The van der Waals surface area contributed by atoms with Crippen molar-refractivity contribution in [2.24, 2.45) is 0 Å². The molecule has 1 atom stereocenters. The van der Waals surface area contributed by atoms with Gasteiger partial charge in [-0.25, -0.2) is 9.97 Å². The van der Waals surface area contributed by atoms with Crippen LogP contribution < -0.4 is 15.6 Å². The summed E-state index contributed by atoms with van der Waals surface area (Å²) in [5.74, 6) is -0.185. The molecule has 0 aliphatic rings. The Balaban J connectivity index is 1.75. The van der Waals surface area contributed by atoms with Crippen LogP contribution >= 0.6 is 11.6 Å². The number of Topliss-reactive ketones (excluding diaryl/α,β-unsaturated/α-hetero) is 1. The largest absolute Gasteiger partial charge is 0.495 e. The molecule has 0 spiro atoms. The summed E-state index contributed by atoms with van der Waals surface area (Å²) in [4.78, 5) is 48.2. The number of fused-ring (bicyclic) bond motifs is 1. The SMILES string of the molecule is CCC(=O)c1ccc(Cl)cc1-c1cc(=O)n(C(CCOC(C)(C)C)C(=O)Nc2ccc3ncncc3c2)cc1OC. The van der Waals surface area contributed by atoms with Crippen LogP contribution in [0, 0.1) is 0 Å². The van der Waals surface area contributed by atoms with E-state index in [1.54, 1.807) is 49.5 Å². The Labute approximate surface area is 243 Å². The average Bonchev–Trinajstić information content (AvgIpc) is 2.94. The monoisotopic (exact) mass is 576 g/mol. The molecule has 0 aliphatic heterocycles. The molecule has 4 aromatic rings. The van der Waals surface area contributed by atoms with Gasteiger partial charge in [0.15, 0.2) is 5.78 Å². The van der Waals surface area contributed by atoms with Crippen molar-refractivity contribution in [3.63, 3.8) is 0 Å². The summed E-state index contributed by atoms with van der Waals surface area (Å²) in [7, 11) is 1.47. The van der Waals surface area contributed by atoms with Crippen molar-refractivity contribution in [3.05, 3.63) is 82.1 Å². The van der Waals surface area contributed by atoms with Crippen LogP contribution in [0.15, 0.2) is 66.0 Å². The van der Waals surface area contributed by atoms with Crippen LogP contribution in [0.2, 0.25) is 5.02 Å². The number of aromatic nitrogens is 3. The molecule has 0 radical (unpaired) electrons. The number of ether oxygens (including phenoxy) is 2. The predicted molar refractivity (Wildman–Crippen MR) is 160 cm³/mol. The number of hydrogen-bond donors (Lipinski definition) is 1. The van der Waals surface area contributed by atoms with Crippen molar-refractivity contribution in [3.8, 4) is 16.9 Å². The number of halogens is 1. The molecule has 2 heterocycles. The van der Waals surface area contributed by atoms with Crippen molar-refractivity contribution in [2.75, 3.05) is 19.0 Å². The third-order valence-electron chi connectivity index (χ3n) is 6.49. The lowest BCUT2D eigenvalue weighted by molar-refractivity contribution is -0.120. The summed E-state index contributed by atoms with van der Waals surface area (Å²) in [5, 5.41) is 4.09. The second-order valence-electron chi connectivity index (χ2n) is 10.5. The number of carbonyl (C=O) groups excluding carboxylic acids is 2. The number of nitrogens with zero attached hydrogens (tertiary/aromatic N) is 3. The topological polar surface area (TPSA) is 112 Å². The Morgan fingerprint density at radius 2 is 1.88 bits per heavy atom. The zero-order chi connectivity index (χ0) is 29.7. The number of rotatable bonds is 10. The molecule has 214 valence electrons. The predicted octanol–water partition coefficient (Wildman–Crippen LogP) is 6.10. The van der Waals surface area contributed by atoms with Crippen LogP contribution in [0.5, 0.6) is 5.75 Å². The molecule has 1 amide bonds. The van der Waals surface area contributed by atoms with Gasteiger partial charge in [-0.2, -0.15) is 0 Å². The molecule has 2 aromatic heterocycles. The maximum Gasteiger partial charge on any atom is 0.252 e. The first kappa shape index (κ1) is 29.9. The van der Waals surface area contributed by atoms with Crippen molar-refractivity contribution in [2.45, 2.75) is 52.2 Å². The summed E-state index contributed by atoms with van der Waals surface area (Å²) in [6.45, 7) is 7.75. The lowest BCUT2D eigenvalue weighted by Gasteiger charge is -2.24. The summed E-state index contributed by atoms with van der Waals surface area (Å²) in [6.07, 6.45) is 5.12. The molecular formula is C31H33ClN4O5. The van der Waals surface area contributed by atoms with Gasteiger partial charge in [0.1, 0.15) is 18.1 Å².